The van der Waals surface area contributed by atoms with Crippen molar-refractivity contribution < 1.29 is 48.0 Å². The van der Waals surface area contributed by atoms with E-state index in [0.717, 1.165) is 5.52 Å². The third kappa shape index (κ3) is 9.42. The van der Waals surface area contributed by atoms with Crippen molar-refractivity contribution in [2.24, 2.45) is 28.8 Å². The van der Waals surface area contributed by atoms with Crippen molar-refractivity contribution in [2.75, 3.05) is 27.8 Å². The molecule has 15 heteroatoms. The molecule has 1 amide bonds. The van der Waals surface area contributed by atoms with Crippen molar-refractivity contribution in [2.45, 2.75) is 129 Å². The standard InChI is InChI=1S/C42H59N5O10/c1-12-32-42(8)36(45-40(51)57-42)25(4)33(46-52-11)23(2)22-41(7,53-19-13-14-28-15-16-29-30(21-28)44-18-17-43-29)37(26(5)34(48)27(6)38(50)55-32)56-39-35(49)31(47(9)10)20-24(3)54-39/h15-18,21,23-27,31-32,35-37,39,49H,12,19-20,22H2,1-11H3,(H,45,51)/b46-33+/t23-,24-,25+,26+,27-,31+,32-,35-,36-,37-,39+,41+,42-/m1/s1. The van der Waals surface area contributed by atoms with Crippen molar-refractivity contribution in [3.63, 3.8) is 0 Å². The van der Waals surface area contributed by atoms with E-state index in [1.807, 2.05) is 71.8 Å². The fraction of sp³-hybridized carbons (Fsp3) is 0.667. The number of cyclic esters (lactones) is 1. The summed E-state index contributed by atoms with van der Waals surface area (Å²) in [5.41, 5.74) is 0.0784. The molecule has 4 heterocycles. The first-order valence-electron chi connectivity index (χ1n) is 19.8. The summed E-state index contributed by atoms with van der Waals surface area (Å²) in [6.07, 6.45) is -0.829. The van der Waals surface area contributed by atoms with E-state index in [1.54, 1.807) is 26.2 Å². The summed E-state index contributed by atoms with van der Waals surface area (Å²) in [7, 11) is 5.20. The monoisotopic (exact) mass is 793 g/mol. The molecule has 3 saturated heterocycles. The lowest BCUT2D eigenvalue weighted by atomic mass is 9.73. The van der Waals surface area contributed by atoms with Crippen LogP contribution in [0.3, 0.4) is 0 Å². The molecule has 0 spiro atoms. The number of carbonyl (C=O) groups is 3. The van der Waals surface area contributed by atoms with Crippen LogP contribution in [-0.4, -0.2) is 125 Å². The first-order valence-corrected chi connectivity index (χ1v) is 19.8. The number of oxime groups is 1. The van der Waals surface area contributed by atoms with Gasteiger partial charge in [0.2, 0.25) is 0 Å². The zero-order valence-electron chi connectivity index (χ0n) is 35.0. The second kappa shape index (κ2) is 18.2. The smallest absolute Gasteiger partial charge is 0.408 e. The molecule has 15 nitrogen and oxygen atoms in total. The normalized spacial score (nSPS) is 37.4. The molecule has 0 unspecified atom stereocenters. The highest BCUT2D eigenvalue weighted by atomic mass is 16.7. The van der Waals surface area contributed by atoms with Gasteiger partial charge in [-0.2, -0.15) is 0 Å². The van der Waals surface area contributed by atoms with Crippen molar-refractivity contribution in [1.29, 1.82) is 0 Å². The molecule has 0 bridgehead atoms. The van der Waals surface area contributed by atoms with Gasteiger partial charge in [0.05, 0.1) is 40.6 Å². The van der Waals surface area contributed by atoms with E-state index in [9.17, 15) is 19.5 Å². The SMILES string of the molecule is CC[C@H]1OC(=O)[C@H](C)C(=O)[C@H](C)[C@@H](O[C@@H]2O[C@H](C)C[C@H](N(C)C)[C@H]2O)[C@@](C)(OCC#Cc2ccc3nccnc3c2)C[C@@H](C)/C(=N\OC)[C@H](C)[C@H]2NC(=O)O[C@@]21C. The predicted molar refractivity (Wildman–Crippen MR) is 211 cm³/mol. The first kappa shape index (κ1) is 43.9. The summed E-state index contributed by atoms with van der Waals surface area (Å²) in [6, 6.07) is 4.54. The summed E-state index contributed by atoms with van der Waals surface area (Å²) in [5.74, 6) is 1.90. The number of hydrogen-bond acceptors (Lipinski definition) is 14. The molecule has 57 heavy (non-hydrogen) atoms. The number of aliphatic hydroxyl groups excluding tert-OH is 1. The van der Waals surface area contributed by atoms with E-state index in [0.29, 0.717) is 29.6 Å². The maximum atomic E-state index is 14.5. The number of ether oxygens (including phenoxy) is 5. The van der Waals surface area contributed by atoms with Gasteiger partial charge < -0.3 is 43.8 Å². The molecule has 1 aromatic carbocycles. The summed E-state index contributed by atoms with van der Waals surface area (Å²) < 4.78 is 31.7. The summed E-state index contributed by atoms with van der Waals surface area (Å²) in [4.78, 5) is 57.4. The summed E-state index contributed by atoms with van der Waals surface area (Å²) in [6.45, 7) is 14.2. The number of amides is 1. The van der Waals surface area contributed by atoms with Crippen molar-refractivity contribution >= 4 is 34.6 Å². The Kier molecular flexibility index (Phi) is 14.0. The maximum Gasteiger partial charge on any atom is 0.408 e. The molecule has 3 aliphatic rings. The number of esters is 1. The number of aliphatic hydroxyl groups is 1. The number of Topliss-reactive ketones (excluding diaryl/α,β-unsaturated/α-hetero) is 1. The van der Waals surface area contributed by atoms with E-state index < -0.39 is 83.4 Å². The van der Waals surface area contributed by atoms with Crippen LogP contribution in [-0.2, 0) is 38.1 Å². The summed E-state index contributed by atoms with van der Waals surface area (Å²) >= 11 is 0. The van der Waals surface area contributed by atoms with E-state index in [2.05, 4.69) is 32.3 Å². The zero-order valence-corrected chi connectivity index (χ0v) is 35.0. The van der Waals surface area contributed by atoms with Gasteiger partial charge in [0.15, 0.2) is 17.7 Å². The molecule has 0 radical (unpaired) electrons. The molecule has 0 aliphatic carbocycles. The Labute approximate surface area is 335 Å². The molecule has 3 fully saturated rings. The Bertz CT molecular complexity index is 1860. The molecule has 2 aromatic rings. The third-order valence-corrected chi connectivity index (χ3v) is 11.9. The Balaban J connectivity index is 1.61. The molecular weight excluding hydrogens is 734 g/mol. The highest BCUT2D eigenvalue weighted by Gasteiger charge is 2.57. The topological polar surface area (TPSA) is 180 Å². The number of benzene rings is 1. The van der Waals surface area contributed by atoms with Crippen LogP contribution in [0.15, 0.2) is 35.7 Å². The molecular formula is C42H59N5O10. The average Bonchev–Trinajstić information content (AvgIpc) is 3.49. The molecule has 312 valence electrons. The number of nitrogens with one attached hydrogen (secondary N) is 1. The van der Waals surface area contributed by atoms with Crippen LogP contribution >= 0.6 is 0 Å². The first-order chi connectivity index (χ1) is 26.9. The van der Waals surface area contributed by atoms with Crippen LogP contribution in [0.25, 0.3) is 11.0 Å². The minimum atomic E-state index is -1.33. The van der Waals surface area contributed by atoms with Crippen LogP contribution in [0.2, 0.25) is 0 Å². The number of aromatic nitrogens is 2. The number of fused-ring (bicyclic) bond motifs is 2. The lowest BCUT2D eigenvalue weighted by Crippen LogP contribution is -2.60. The Hall–Kier alpha value is -4.20. The Morgan fingerprint density at radius 3 is 2.42 bits per heavy atom. The Morgan fingerprint density at radius 1 is 1.05 bits per heavy atom. The van der Waals surface area contributed by atoms with Gasteiger partial charge in [0, 0.05) is 41.8 Å². The van der Waals surface area contributed by atoms with Gasteiger partial charge in [-0.25, -0.2) is 4.79 Å². The minimum absolute atomic E-state index is 0.0834. The molecule has 5 rings (SSSR count). The van der Waals surface area contributed by atoms with E-state index in [1.165, 1.54) is 14.0 Å². The van der Waals surface area contributed by atoms with Gasteiger partial charge in [-0.15, -0.1) is 0 Å². The van der Waals surface area contributed by atoms with Crippen molar-refractivity contribution in [1.82, 2.24) is 20.2 Å². The number of hydrogen-bond donors (Lipinski definition) is 2. The quantitative estimate of drug-likeness (QED) is 0.176. The van der Waals surface area contributed by atoms with Gasteiger partial charge in [-0.1, -0.05) is 44.7 Å². The number of alkyl carbamates (subject to hydrolysis) is 1. The van der Waals surface area contributed by atoms with Crippen molar-refractivity contribution in [3.8, 4) is 11.8 Å². The molecule has 1 aromatic heterocycles. The van der Waals surface area contributed by atoms with Gasteiger partial charge in [-0.3, -0.25) is 19.6 Å². The van der Waals surface area contributed by atoms with Crippen LogP contribution in [0.4, 0.5) is 4.79 Å². The van der Waals surface area contributed by atoms with Crippen LogP contribution < -0.4 is 5.32 Å². The highest BCUT2D eigenvalue weighted by molar-refractivity contribution is 6.00. The number of ketones is 1. The molecule has 3 aliphatic heterocycles. The number of rotatable bonds is 7. The van der Waals surface area contributed by atoms with Crippen LogP contribution in [0, 0.1) is 35.5 Å². The Morgan fingerprint density at radius 2 is 1.75 bits per heavy atom. The van der Waals surface area contributed by atoms with Crippen LogP contribution in [0.5, 0.6) is 0 Å². The second-order valence-electron chi connectivity index (χ2n) is 16.3. The van der Waals surface area contributed by atoms with Gasteiger partial charge >= 0.3 is 12.1 Å². The lowest BCUT2D eigenvalue weighted by Gasteiger charge is -2.47. The number of carbonyl (C=O) groups excluding carboxylic acids is 3. The lowest BCUT2D eigenvalue weighted by molar-refractivity contribution is -0.296. The van der Waals surface area contributed by atoms with Gasteiger partial charge in [0.1, 0.15) is 31.8 Å². The fourth-order valence-corrected chi connectivity index (χ4v) is 8.80. The highest BCUT2D eigenvalue weighted by Crippen LogP contribution is 2.41. The maximum absolute atomic E-state index is 14.5. The zero-order chi connectivity index (χ0) is 41.8. The van der Waals surface area contributed by atoms with Crippen molar-refractivity contribution in [3.05, 3.63) is 36.2 Å². The molecule has 2 N–H and O–H groups in total. The van der Waals surface area contributed by atoms with E-state index in [-0.39, 0.29) is 25.2 Å². The summed E-state index contributed by atoms with van der Waals surface area (Å²) in [5, 5.41) is 19.1. The predicted octanol–water partition coefficient (Wildman–Crippen LogP) is 4.28. The average molecular weight is 794 g/mol. The second-order valence-corrected chi connectivity index (χ2v) is 16.3. The van der Waals surface area contributed by atoms with Gasteiger partial charge in [0.25, 0.3) is 0 Å². The number of nitrogens with zero attached hydrogens (tertiary/aromatic N) is 4. The molecule has 13 atom stereocenters. The van der Waals surface area contributed by atoms with E-state index in [4.69, 9.17) is 28.5 Å². The number of likely N-dealkylation sites (N-methyl/N-ethyl adjacent to an activating group) is 1. The molecule has 0 saturated carbocycles. The fourth-order valence-electron chi connectivity index (χ4n) is 8.80. The van der Waals surface area contributed by atoms with Crippen LogP contribution in [0.1, 0.15) is 80.2 Å². The minimum Gasteiger partial charge on any atom is -0.458 e. The largest absolute Gasteiger partial charge is 0.458 e. The van der Waals surface area contributed by atoms with Gasteiger partial charge in [-0.05, 0) is 79.3 Å². The van der Waals surface area contributed by atoms with E-state index >= 15 is 0 Å². The third-order valence-electron chi connectivity index (χ3n) is 11.9.